The lowest BCUT2D eigenvalue weighted by Crippen LogP contribution is -2.26. The van der Waals surface area contributed by atoms with Crippen LogP contribution in [-0.2, 0) is 16.1 Å². The van der Waals surface area contributed by atoms with Crippen LogP contribution < -0.4 is 9.47 Å². The molecule has 4 rings (SSSR count). The van der Waals surface area contributed by atoms with Crippen LogP contribution in [-0.4, -0.2) is 34.8 Å². The lowest BCUT2D eigenvalue weighted by Gasteiger charge is -2.14. The smallest absolute Gasteiger partial charge is 0.347 e. The number of esters is 2. The zero-order chi connectivity index (χ0) is 29.4. The Kier molecular flexibility index (Phi) is 9.68. The summed E-state index contributed by atoms with van der Waals surface area (Å²) >= 11 is 5.17. The third kappa shape index (κ3) is 8.38. The van der Waals surface area contributed by atoms with Crippen LogP contribution in [0.1, 0.15) is 26.3 Å². The number of hydrogen-bond acceptors (Lipinski definition) is 13. The van der Waals surface area contributed by atoms with Gasteiger partial charge in [-0.2, -0.15) is 0 Å². The van der Waals surface area contributed by atoms with Gasteiger partial charge in [-0.3, -0.25) is 0 Å². The Balaban J connectivity index is 1.40. The van der Waals surface area contributed by atoms with Crippen molar-refractivity contribution in [2.75, 3.05) is 6.61 Å². The largest absolute Gasteiger partial charge is 0.423 e. The number of carbonyl (C=O) groups is 2. The Hall–Kier alpha value is -4.73. The normalized spacial score (nSPS) is 11.2. The minimum absolute atomic E-state index is 0.0161. The van der Waals surface area contributed by atoms with Crippen molar-refractivity contribution in [3.8, 4) is 21.9 Å². The molecule has 0 fully saturated rings. The molecule has 0 bridgehead atoms. The van der Waals surface area contributed by atoms with Crippen molar-refractivity contribution in [3.63, 3.8) is 0 Å². The van der Waals surface area contributed by atoms with E-state index in [2.05, 4.69) is 9.68 Å². The Morgan fingerprint density at radius 3 is 2.20 bits per heavy atom. The molecule has 210 valence electrons. The molecule has 0 spiro atoms. The van der Waals surface area contributed by atoms with Crippen LogP contribution >= 0.6 is 32.9 Å². The number of para-hydroxylation sites is 1. The van der Waals surface area contributed by atoms with Crippen molar-refractivity contribution < 1.29 is 38.9 Å². The van der Waals surface area contributed by atoms with Crippen LogP contribution in [0.3, 0.4) is 0 Å². The maximum absolute atomic E-state index is 12.9. The van der Waals surface area contributed by atoms with E-state index >= 15 is 0 Å². The highest BCUT2D eigenvalue weighted by molar-refractivity contribution is 7.80. The monoisotopic (exact) mass is 614 g/mol. The molecule has 0 saturated heterocycles. The second-order valence-corrected chi connectivity index (χ2v) is 11.1. The van der Waals surface area contributed by atoms with E-state index in [1.54, 1.807) is 34.6 Å². The molecule has 15 heteroatoms. The third-order valence-corrected chi connectivity index (χ3v) is 8.29. The van der Waals surface area contributed by atoms with Gasteiger partial charge in [-0.1, -0.05) is 57.2 Å². The second kappa shape index (κ2) is 13.6. The predicted octanol–water partition coefficient (Wildman–Crippen LogP) is 5.97. The van der Waals surface area contributed by atoms with Crippen LogP contribution in [0, 0.1) is 24.1 Å². The molecule has 1 aromatic heterocycles. The van der Waals surface area contributed by atoms with Crippen molar-refractivity contribution >= 4 is 44.8 Å². The summed E-state index contributed by atoms with van der Waals surface area (Å²) in [5.41, 5.74) is 1.58. The summed E-state index contributed by atoms with van der Waals surface area (Å²) < 4.78 is 11.7. The van der Waals surface area contributed by atoms with Gasteiger partial charge in [-0.25, -0.2) is 9.59 Å². The molecule has 1 heterocycles. The molecule has 0 aliphatic rings. The predicted molar refractivity (Wildman–Crippen MR) is 150 cm³/mol. The van der Waals surface area contributed by atoms with Gasteiger partial charge in [0.05, 0.1) is 5.56 Å². The fourth-order valence-electron chi connectivity index (χ4n) is 3.54. The van der Waals surface area contributed by atoms with Gasteiger partial charge in [-0.15, -0.1) is 20.2 Å². The molecule has 0 aliphatic heterocycles. The van der Waals surface area contributed by atoms with E-state index in [1.165, 1.54) is 46.7 Å². The van der Waals surface area contributed by atoms with Crippen molar-refractivity contribution in [2.24, 2.45) is 0 Å². The number of nitrogens with zero attached hydrogens (tertiary/aromatic N) is 2. The molecule has 1 atom stereocenters. The minimum atomic E-state index is -1.24. The number of carbonyl (C=O) groups excluding carboxylic acids is 2. The highest BCUT2D eigenvalue weighted by Crippen LogP contribution is 2.31. The van der Waals surface area contributed by atoms with Crippen molar-refractivity contribution in [2.45, 2.75) is 12.5 Å². The number of hydrogen-bond donors (Lipinski definition) is 0. The molecule has 41 heavy (non-hydrogen) atoms. The van der Waals surface area contributed by atoms with Crippen LogP contribution in [0.25, 0.3) is 10.4 Å². The van der Waals surface area contributed by atoms with Crippen LogP contribution in [0.15, 0.2) is 78.9 Å². The van der Waals surface area contributed by atoms with E-state index in [0.717, 1.165) is 14.3 Å². The minimum Gasteiger partial charge on any atom is -0.423 e. The van der Waals surface area contributed by atoms with E-state index in [-0.39, 0.29) is 23.3 Å². The first-order valence-corrected chi connectivity index (χ1v) is 14.1. The number of ether oxygens (including phenoxy) is 2. The van der Waals surface area contributed by atoms with E-state index in [1.807, 2.05) is 18.2 Å². The van der Waals surface area contributed by atoms with Gasteiger partial charge in [0.15, 0.2) is 0 Å². The maximum atomic E-state index is 12.9. The molecule has 0 amide bonds. The summed E-state index contributed by atoms with van der Waals surface area (Å²) in [4.78, 5) is 56.4. The molecular formula is C26H18N2O10S3. The van der Waals surface area contributed by atoms with Crippen LogP contribution in [0.4, 0.5) is 0 Å². The van der Waals surface area contributed by atoms with Crippen molar-refractivity contribution in [1.82, 2.24) is 0 Å². The van der Waals surface area contributed by atoms with Gasteiger partial charge < -0.3 is 19.1 Å². The van der Waals surface area contributed by atoms with Crippen LogP contribution in [0.2, 0.25) is 0 Å². The van der Waals surface area contributed by atoms with Gasteiger partial charge in [-0.05, 0) is 65.7 Å². The van der Waals surface area contributed by atoms with E-state index in [0.29, 0.717) is 11.3 Å². The maximum Gasteiger partial charge on any atom is 0.347 e. The van der Waals surface area contributed by atoms with Gasteiger partial charge in [0.2, 0.25) is 0 Å². The fraction of sp³-hybridized carbons (Fsp3) is 0.115. The molecule has 3 aromatic carbocycles. The Morgan fingerprint density at radius 2 is 1.56 bits per heavy atom. The topological polar surface area (TPSA) is 157 Å². The number of rotatable bonds is 12. The molecular weight excluding hydrogens is 596 g/mol. The van der Waals surface area contributed by atoms with Crippen molar-refractivity contribution in [1.29, 1.82) is 0 Å². The Morgan fingerprint density at radius 1 is 0.854 bits per heavy atom. The summed E-state index contributed by atoms with van der Waals surface area (Å²) in [6, 6.07) is 20.7. The summed E-state index contributed by atoms with van der Waals surface area (Å²) in [6.45, 7) is -0.653. The molecule has 0 aliphatic carbocycles. The van der Waals surface area contributed by atoms with Gasteiger partial charge in [0.1, 0.15) is 33.6 Å². The highest BCUT2D eigenvalue weighted by atomic mass is 32.9. The Bertz CT molecular complexity index is 1620. The zero-order valence-electron chi connectivity index (χ0n) is 20.7. The molecule has 0 N–H and O–H groups in total. The van der Waals surface area contributed by atoms with Gasteiger partial charge in [0, 0.05) is 11.3 Å². The average molecular weight is 615 g/mol. The summed E-state index contributed by atoms with van der Waals surface area (Å²) in [7, 11) is 3.06. The first-order valence-electron chi connectivity index (χ1n) is 11.6. The summed E-state index contributed by atoms with van der Waals surface area (Å²) in [5.74, 6) is -1.21. The second-order valence-electron chi connectivity index (χ2n) is 8.17. The van der Waals surface area contributed by atoms with E-state index in [4.69, 9.17) is 21.7 Å². The zero-order valence-corrected chi connectivity index (χ0v) is 23.1. The fourth-order valence-corrected chi connectivity index (χ4v) is 5.94. The third-order valence-electron chi connectivity index (χ3n) is 5.38. The van der Waals surface area contributed by atoms with Crippen LogP contribution in [0.5, 0.6) is 11.5 Å². The first kappa shape index (κ1) is 29.3. The number of benzene rings is 3. The average Bonchev–Trinajstić information content (AvgIpc) is 3.38. The summed E-state index contributed by atoms with van der Waals surface area (Å²) in [5, 5.41) is 18.9. The Labute approximate surface area is 243 Å². The highest BCUT2D eigenvalue weighted by Gasteiger charge is 2.20. The summed E-state index contributed by atoms with van der Waals surface area (Å²) in [6.07, 6.45) is -1.33. The molecule has 4 aromatic rings. The SMILES string of the molecule is O=C(Oc1ccccc1C(=O)Oc1ccc(-c2cc(=S)ss2)cc1)c1ccc(CC(CO[N+](=O)[O-])O[N+](=O)[O-])cc1. The van der Waals surface area contributed by atoms with E-state index in [9.17, 15) is 29.8 Å². The lowest BCUT2D eigenvalue weighted by atomic mass is 10.1. The molecule has 12 nitrogen and oxygen atoms in total. The molecule has 0 saturated carbocycles. The lowest BCUT2D eigenvalue weighted by molar-refractivity contribution is -0.789. The molecule has 0 radical (unpaired) electrons. The van der Waals surface area contributed by atoms with E-state index < -0.39 is 34.8 Å². The standard InChI is InChI=1S/C26H18N2O10S3/c29-25(18-7-5-16(6-8-18)13-20(38-28(33)34)15-35-27(31)32)37-22-4-2-1-3-21(22)26(30)36-19-11-9-17(10-12-19)23-14-24(39)41-40-23/h1-12,14,20H,13,15H2. The quantitative estimate of drug-likeness (QED) is 0.0462. The molecule has 1 unspecified atom stereocenters. The van der Waals surface area contributed by atoms with Gasteiger partial charge >= 0.3 is 11.9 Å². The van der Waals surface area contributed by atoms with Crippen molar-refractivity contribution in [3.05, 3.63) is 120 Å². The first-order chi connectivity index (χ1) is 19.7. The van der Waals surface area contributed by atoms with Gasteiger partial charge in [0.25, 0.3) is 10.2 Å².